The van der Waals surface area contributed by atoms with Gasteiger partial charge in [-0.05, 0) is 69.4 Å². The van der Waals surface area contributed by atoms with E-state index < -0.39 is 59.9 Å². The maximum atomic E-state index is 14.1. The molecule has 52 heavy (non-hydrogen) atoms. The SMILES string of the molecule is CC[C@H](C)[C@H](NC(=O)[C@@H]1CCCN1C(=O)[C@H](CCCN=C(N)N)NC(=O)[C@@H]1CCCN1)C(=O)N1CCC[C@H]1C(=O)N[C@@H](Cc1ccccc1)C(=O)O. The predicted molar refractivity (Wildman–Crippen MR) is 193 cm³/mol. The lowest BCUT2D eigenvalue weighted by Crippen LogP contribution is -2.60. The Bertz CT molecular complexity index is 1450. The summed E-state index contributed by atoms with van der Waals surface area (Å²) in [7, 11) is 0. The van der Waals surface area contributed by atoms with Gasteiger partial charge in [0.15, 0.2) is 5.96 Å². The Morgan fingerprint density at radius 2 is 1.48 bits per heavy atom. The number of nitrogens with two attached hydrogens (primary N) is 2. The van der Waals surface area contributed by atoms with Gasteiger partial charge in [0.25, 0.3) is 0 Å². The molecule has 3 aliphatic heterocycles. The van der Waals surface area contributed by atoms with E-state index in [9.17, 15) is 33.9 Å². The van der Waals surface area contributed by atoms with Gasteiger partial charge in [-0.3, -0.25) is 29.0 Å². The van der Waals surface area contributed by atoms with Gasteiger partial charge >= 0.3 is 5.97 Å². The van der Waals surface area contributed by atoms with Gasteiger partial charge in [-0.2, -0.15) is 0 Å². The first-order valence-corrected chi connectivity index (χ1v) is 18.5. The molecule has 0 spiro atoms. The van der Waals surface area contributed by atoms with Crippen molar-refractivity contribution in [1.82, 2.24) is 31.1 Å². The average molecular weight is 726 g/mol. The van der Waals surface area contributed by atoms with E-state index in [2.05, 4.69) is 26.3 Å². The highest BCUT2D eigenvalue weighted by molar-refractivity contribution is 5.97. The molecule has 16 nitrogen and oxygen atoms in total. The molecular weight excluding hydrogens is 670 g/mol. The van der Waals surface area contributed by atoms with Gasteiger partial charge in [-0.1, -0.05) is 50.6 Å². The smallest absolute Gasteiger partial charge is 0.326 e. The van der Waals surface area contributed by atoms with Crippen molar-refractivity contribution in [1.29, 1.82) is 0 Å². The molecule has 7 atom stereocenters. The molecule has 5 amide bonds. The van der Waals surface area contributed by atoms with Crippen LogP contribution < -0.4 is 32.7 Å². The summed E-state index contributed by atoms with van der Waals surface area (Å²) in [4.78, 5) is 87.6. The van der Waals surface area contributed by atoms with Gasteiger partial charge in [-0.25, -0.2) is 4.79 Å². The Hall–Kier alpha value is -4.73. The minimum absolute atomic E-state index is 0.0721. The van der Waals surface area contributed by atoms with E-state index in [0.29, 0.717) is 58.0 Å². The van der Waals surface area contributed by atoms with Gasteiger partial charge in [-0.15, -0.1) is 0 Å². The Kier molecular flexibility index (Phi) is 14.8. The van der Waals surface area contributed by atoms with Gasteiger partial charge in [0.2, 0.25) is 29.5 Å². The molecule has 3 heterocycles. The van der Waals surface area contributed by atoms with Crippen LogP contribution in [0.3, 0.4) is 0 Å². The van der Waals surface area contributed by atoms with Crippen LogP contribution in [0.25, 0.3) is 0 Å². The minimum atomic E-state index is -1.18. The van der Waals surface area contributed by atoms with E-state index >= 15 is 0 Å². The first kappa shape index (κ1) is 40.0. The summed E-state index contributed by atoms with van der Waals surface area (Å²) in [5.74, 6) is -3.70. The lowest BCUT2D eigenvalue weighted by molar-refractivity contribution is -0.146. The Balaban J connectivity index is 1.45. The van der Waals surface area contributed by atoms with Crippen molar-refractivity contribution < 1.29 is 33.9 Å². The largest absolute Gasteiger partial charge is 0.480 e. The van der Waals surface area contributed by atoms with Crippen molar-refractivity contribution in [3.8, 4) is 0 Å². The molecule has 0 aromatic heterocycles. The van der Waals surface area contributed by atoms with Crippen molar-refractivity contribution in [2.24, 2.45) is 22.4 Å². The molecular formula is C36H55N9O7. The number of carbonyl (C=O) groups excluding carboxylic acids is 5. The highest BCUT2D eigenvalue weighted by atomic mass is 16.4. The molecule has 3 saturated heterocycles. The summed E-state index contributed by atoms with van der Waals surface area (Å²) in [6.45, 7) is 5.30. The first-order chi connectivity index (χ1) is 24.9. The molecule has 3 fully saturated rings. The van der Waals surface area contributed by atoms with Gasteiger partial charge in [0, 0.05) is 26.1 Å². The van der Waals surface area contributed by atoms with Crippen LogP contribution in [0.4, 0.5) is 0 Å². The molecule has 1 aromatic rings. The fourth-order valence-corrected chi connectivity index (χ4v) is 7.18. The molecule has 0 unspecified atom stereocenters. The summed E-state index contributed by atoms with van der Waals surface area (Å²) < 4.78 is 0. The van der Waals surface area contributed by atoms with E-state index in [1.54, 1.807) is 24.3 Å². The Morgan fingerprint density at radius 1 is 0.865 bits per heavy atom. The summed E-state index contributed by atoms with van der Waals surface area (Å²) in [6, 6.07) is 3.75. The third-order valence-electron chi connectivity index (χ3n) is 10.3. The Morgan fingerprint density at radius 3 is 2.06 bits per heavy atom. The molecule has 16 heteroatoms. The third-order valence-corrected chi connectivity index (χ3v) is 10.3. The third kappa shape index (κ3) is 10.7. The quantitative estimate of drug-likeness (QED) is 0.0623. The van der Waals surface area contributed by atoms with Crippen molar-refractivity contribution >= 4 is 41.5 Å². The zero-order chi connectivity index (χ0) is 37.8. The van der Waals surface area contributed by atoms with Crippen molar-refractivity contribution in [3.05, 3.63) is 35.9 Å². The summed E-state index contributed by atoms with van der Waals surface area (Å²) >= 11 is 0. The highest BCUT2D eigenvalue weighted by Gasteiger charge is 2.43. The summed E-state index contributed by atoms with van der Waals surface area (Å²) in [6.07, 6.45) is 4.67. The van der Waals surface area contributed by atoms with Gasteiger partial charge < -0.3 is 47.6 Å². The van der Waals surface area contributed by atoms with Crippen molar-refractivity contribution in [3.63, 3.8) is 0 Å². The second kappa shape index (κ2) is 19.2. The van der Waals surface area contributed by atoms with Crippen LogP contribution >= 0.6 is 0 Å². The van der Waals surface area contributed by atoms with E-state index in [-0.39, 0.29) is 49.6 Å². The van der Waals surface area contributed by atoms with E-state index in [1.807, 2.05) is 19.9 Å². The highest BCUT2D eigenvalue weighted by Crippen LogP contribution is 2.24. The van der Waals surface area contributed by atoms with Crippen LogP contribution in [0.2, 0.25) is 0 Å². The maximum Gasteiger partial charge on any atom is 0.326 e. The van der Waals surface area contributed by atoms with Crippen molar-refractivity contribution in [2.45, 2.75) is 114 Å². The van der Waals surface area contributed by atoms with Crippen LogP contribution in [0.1, 0.15) is 77.2 Å². The van der Waals surface area contributed by atoms with E-state index in [0.717, 1.165) is 12.0 Å². The number of aliphatic carboxylic acids is 1. The van der Waals surface area contributed by atoms with Crippen LogP contribution in [0, 0.1) is 5.92 Å². The zero-order valence-corrected chi connectivity index (χ0v) is 30.2. The van der Waals surface area contributed by atoms with Crippen LogP contribution in [0.5, 0.6) is 0 Å². The number of likely N-dealkylation sites (tertiary alicyclic amines) is 2. The van der Waals surface area contributed by atoms with Crippen LogP contribution in [-0.2, 0) is 35.2 Å². The second-order valence-electron chi connectivity index (χ2n) is 14.0. The number of guanidine groups is 1. The normalized spacial score (nSPS) is 22.2. The molecule has 0 saturated carbocycles. The monoisotopic (exact) mass is 725 g/mol. The number of aliphatic imine (C=N–C) groups is 1. The molecule has 286 valence electrons. The minimum Gasteiger partial charge on any atom is -0.480 e. The number of nitrogens with one attached hydrogen (secondary N) is 4. The molecule has 4 rings (SSSR count). The zero-order valence-electron chi connectivity index (χ0n) is 30.2. The number of carbonyl (C=O) groups is 6. The lowest BCUT2D eigenvalue weighted by Gasteiger charge is -2.34. The maximum absolute atomic E-state index is 14.1. The van der Waals surface area contributed by atoms with Crippen LogP contribution in [0.15, 0.2) is 35.3 Å². The molecule has 0 aliphatic carbocycles. The second-order valence-corrected chi connectivity index (χ2v) is 14.0. The molecule has 1 aromatic carbocycles. The summed E-state index contributed by atoms with van der Waals surface area (Å²) in [5.41, 5.74) is 11.7. The van der Waals surface area contributed by atoms with E-state index in [1.165, 1.54) is 9.80 Å². The number of amides is 5. The fourth-order valence-electron chi connectivity index (χ4n) is 7.18. The number of rotatable bonds is 17. The average Bonchev–Trinajstić information content (AvgIpc) is 3.93. The summed E-state index contributed by atoms with van der Waals surface area (Å²) in [5, 5.41) is 21.4. The lowest BCUT2D eigenvalue weighted by atomic mass is 9.96. The van der Waals surface area contributed by atoms with Gasteiger partial charge in [0.1, 0.15) is 30.2 Å². The number of carboxylic acid groups (broad SMARTS) is 1. The number of benzene rings is 1. The van der Waals surface area contributed by atoms with Crippen molar-refractivity contribution in [2.75, 3.05) is 26.2 Å². The van der Waals surface area contributed by atoms with E-state index in [4.69, 9.17) is 11.5 Å². The number of hydrogen-bond acceptors (Lipinski definition) is 8. The fraction of sp³-hybridized carbons (Fsp3) is 0.639. The standard InChI is InChI=1S/C36H55N9O7/c1-3-22(2)29(34(50)45-20-10-15-27(45)31(47)42-26(35(51)52)21-23-11-5-4-6-12-23)43-32(48)28-16-9-19-44(28)33(49)25(14-8-18-40-36(37)38)41-30(46)24-13-7-17-39-24/h4-6,11-12,22,24-29,39H,3,7-10,13-21H2,1-2H3,(H,41,46)(H,42,47)(H,43,48)(H,51,52)(H4,37,38,40)/t22-,24-,25-,26-,27-,28-,29-/m0/s1. The number of nitrogens with zero attached hydrogens (tertiary/aromatic N) is 3. The number of hydrogen-bond donors (Lipinski definition) is 7. The number of carboxylic acids is 1. The Labute approximate surface area is 304 Å². The van der Waals surface area contributed by atoms with Crippen LogP contribution in [-0.4, -0.2) is 119 Å². The predicted octanol–water partition coefficient (Wildman–Crippen LogP) is -0.398. The van der Waals surface area contributed by atoms with Gasteiger partial charge in [0.05, 0.1) is 6.04 Å². The topological polar surface area (TPSA) is 242 Å². The molecule has 0 radical (unpaired) electrons. The molecule has 9 N–H and O–H groups in total. The molecule has 3 aliphatic rings. The first-order valence-electron chi connectivity index (χ1n) is 18.5. The molecule has 0 bridgehead atoms.